The number of carbonyl (C=O) groups excluding carboxylic acids is 2. The Morgan fingerprint density at radius 1 is 1.11 bits per heavy atom. The maximum Gasteiger partial charge on any atom is 0.292 e. The molecule has 0 unspecified atom stereocenters. The molecule has 0 fully saturated rings. The van der Waals surface area contributed by atoms with Crippen LogP contribution in [0, 0.1) is 10.1 Å². The number of nitrogens with zero attached hydrogens (tertiary/aromatic N) is 3. The second kappa shape index (κ2) is 12.8. The van der Waals surface area contributed by atoms with Gasteiger partial charge >= 0.3 is 0 Å². The topological polar surface area (TPSA) is 117 Å². The Morgan fingerprint density at radius 3 is 2.54 bits per heavy atom. The van der Waals surface area contributed by atoms with Crippen LogP contribution >= 0.6 is 47.1 Å². The Bertz CT molecular complexity index is 1250. The monoisotopic (exact) mass is 549 g/mol. The standard InChI is InChI=1S/C22H23N5O4S4/c1-3-26(4-2)22(32)34-13-19(28)23-14-9-10-16-18(11-14)35-21(25-16)33-12-20(29)24-15-7-5-6-8-17(15)27(30)31/h5-11H,3-4,12-13H2,1-2H3,(H,23,28)(H,24,29). The molecule has 0 atom stereocenters. The van der Waals surface area contributed by atoms with Gasteiger partial charge in [0.1, 0.15) is 10.0 Å². The van der Waals surface area contributed by atoms with Gasteiger partial charge in [-0.2, -0.15) is 0 Å². The van der Waals surface area contributed by atoms with E-state index in [-0.39, 0.29) is 34.7 Å². The summed E-state index contributed by atoms with van der Waals surface area (Å²) in [6, 6.07) is 11.4. The molecule has 2 amide bonds. The molecule has 3 aromatic rings. The number of rotatable bonds is 10. The maximum absolute atomic E-state index is 12.3. The number of nitro benzene ring substituents is 1. The SMILES string of the molecule is CCN(CC)C(=S)SCC(=O)Nc1ccc2nc(SCC(=O)Nc3ccccc3[N+](=O)[O-])sc2c1. The molecule has 1 aromatic heterocycles. The molecule has 0 saturated carbocycles. The molecule has 1 heterocycles. The number of thioether (sulfide) groups is 2. The lowest BCUT2D eigenvalue weighted by molar-refractivity contribution is -0.383. The summed E-state index contributed by atoms with van der Waals surface area (Å²) in [7, 11) is 0. The minimum atomic E-state index is -0.537. The second-order valence-corrected chi connectivity index (χ2v) is 10.9. The van der Waals surface area contributed by atoms with Crippen LogP contribution in [0.5, 0.6) is 0 Å². The van der Waals surface area contributed by atoms with Gasteiger partial charge in [-0.1, -0.05) is 47.9 Å². The van der Waals surface area contributed by atoms with Crippen LogP contribution in [0.1, 0.15) is 13.8 Å². The van der Waals surface area contributed by atoms with E-state index in [0.717, 1.165) is 23.3 Å². The van der Waals surface area contributed by atoms with E-state index in [2.05, 4.69) is 15.6 Å². The number of nitro groups is 1. The van der Waals surface area contributed by atoms with Crippen molar-refractivity contribution in [1.29, 1.82) is 0 Å². The second-order valence-electron chi connectivity index (χ2n) is 7.05. The summed E-state index contributed by atoms with van der Waals surface area (Å²) < 4.78 is 2.26. The average Bonchev–Trinajstić information content (AvgIpc) is 3.24. The Labute approximate surface area is 220 Å². The third-order valence-electron chi connectivity index (χ3n) is 4.70. The van der Waals surface area contributed by atoms with E-state index >= 15 is 0 Å². The molecule has 35 heavy (non-hydrogen) atoms. The van der Waals surface area contributed by atoms with Crippen LogP contribution in [0.3, 0.4) is 0 Å². The Morgan fingerprint density at radius 2 is 1.83 bits per heavy atom. The molecule has 0 spiro atoms. The highest BCUT2D eigenvalue weighted by Gasteiger charge is 2.16. The number of nitrogens with one attached hydrogen (secondary N) is 2. The van der Waals surface area contributed by atoms with Crippen molar-refractivity contribution in [2.45, 2.75) is 18.2 Å². The van der Waals surface area contributed by atoms with Gasteiger partial charge in [-0.15, -0.1) is 11.3 Å². The summed E-state index contributed by atoms with van der Waals surface area (Å²) in [4.78, 5) is 41.7. The Kier molecular flexibility index (Phi) is 9.83. The maximum atomic E-state index is 12.3. The van der Waals surface area contributed by atoms with Gasteiger partial charge < -0.3 is 15.5 Å². The smallest absolute Gasteiger partial charge is 0.292 e. The summed E-state index contributed by atoms with van der Waals surface area (Å²) in [5.41, 5.74) is 1.41. The molecule has 184 valence electrons. The quantitative estimate of drug-likeness (QED) is 0.152. The minimum absolute atomic E-state index is 0.0547. The average molecular weight is 550 g/mol. The van der Waals surface area contributed by atoms with Crippen molar-refractivity contribution in [2.75, 3.05) is 35.2 Å². The first-order valence-corrected chi connectivity index (χ1v) is 13.8. The molecule has 9 nitrogen and oxygen atoms in total. The number of hydrogen-bond donors (Lipinski definition) is 2. The summed E-state index contributed by atoms with van der Waals surface area (Å²) in [5, 5.41) is 16.6. The van der Waals surface area contributed by atoms with Gasteiger partial charge in [-0.3, -0.25) is 19.7 Å². The number of anilines is 2. The van der Waals surface area contributed by atoms with Crippen LogP contribution in [-0.2, 0) is 9.59 Å². The number of aromatic nitrogens is 1. The molecular formula is C22H23N5O4S4. The summed E-state index contributed by atoms with van der Waals surface area (Å²) >= 11 is 9.34. The molecule has 0 bridgehead atoms. The first-order chi connectivity index (χ1) is 16.8. The lowest BCUT2D eigenvalue weighted by Crippen LogP contribution is -2.28. The zero-order valence-electron chi connectivity index (χ0n) is 19.0. The molecule has 13 heteroatoms. The van der Waals surface area contributed by atoms with E-state index in [1.807, 2.05) is 30.9 Å². The van der Waals surface area contributed by atoms with E-state index in [1.54, 1.807) is 18.2 Å². The van der Waals surface area contributed by atoms with Crippen molar-refractivity contribution >= 4 is 90.5 Å². The highest BCUT2D eigenvalue weighted by atomic mass is 32.2. The normalized spacial score (nSPS) is 10.7. The lowest BCUT2D eigenvalue weighted by atomic mass is 10.2. The van der Waals surface area contributed by atoms with E-state index in [9.17, 15) is 19.7 Å². The van der Waals surface area contributed by atoms with Gasteiger partial charge in [-0.25, -0.2) is 4.98 Å². The van der Waals surface area contributed by atoms with E-state index in [0.29, 0.717) is 14.3 Å². The first-order valence-electron chi connectivity index (χ1n) is 10.6. The predicted octanol–water partition coefficient (Wildman–Crippen LogP) is 5.23. The van der Waals surface area contributed by atoms with Crippen molar-refractivity contribution in [2.24, 2.45) is 0 Å². The number of para-hydroxylation sites is 2. The van der Waals surface area contributed by atoms with Crippen molar-refractivity contribution < 1.29 is 14.5 Å². The Balaban J connectivity index is 1.55. The molecule has 0 aliphatic carbocycles. The summed E-state index contributed by atoms with van der Waals surface area (Å²) in [6.45, 7) is 5.66. The van der Waals surface area contributed by atoms with Crippen molar-refractivity contribution in [3.05, 3.63) is 52.6 Å². The third-order valence-corrected chi connectivity index (χ3v) is 8.39. The number of fused-ring (bicyclic) bond motifs is 1. The van der Waals surface area contributed by atoms with Crippen LogP contribution in [-0.4, -0.2) is 55.5 Å². The zero-order chi connectivity index (χ0) is 25.4. The Hall–Kier alpha value is -2.74. The fourth-order valence-electron chi connectivity index (χ4n) is 2.99. The number of thiazole rings is 1. The largest absolute Gasteiger partial charge is 0.358 e. The zero-order valence-corrected chi connectivity index (χ0v) is 22.2. The van der Waals surface area contributed by atoms with Gasteiger partial charge in [0.15, 0.2) is 4.34 Å². The molecule has 3 rings (SSSR count). The molecule has 0 aliphatic heterocycles. The van der Waals surface area contributed by atoms with Gasteiger partial charge in [0.25, 0.3) is 5.69 Å². The third kappa shape index (κ3) is 7.62. The molecule has 2 N–H and O–H groups in total. The van der Waals surface area contributed by atoms with Gasteiger partial charge in [0.05, 0.1) is 26.6 Å². The molecule has 0 aliphatic rings. The van der Waals surface area contributed by atoms with Crippen LogP contribution in [0.4, 0.5) is 17.1 Å². The molecule has 0 radical (unpaired) electrons. The summed E-state index contributed by atoms with van der Waals surface area (Å²) in [6.07, 6.45) is 0. The van der Waals surface area contributed by atoms with E-state index in [1.165, 1.54) is 47.0 Å². The molecule has 2 aromatic carbocycles. The van der Waals surface area contributed by atoms with Crippen LogP contribution < -0.4 is 10.6 Å². The van der Waals surface area contributed by atoms with E-state index in [4.69, 9.17) is 12.2 Å². The number of thiocarbonyl (C=S) groups is 1. The number of hydrogen-bond acceptors (Lipinski definition) is 9. The van der Waals surface area contributed by atoms with Gasteiger partial charge in [0, 0.05) is 24.8 Å². The van der Waals surface area contributed by atoms with Gasteiger partial charge in [-0.05, 0) is 38.1 Å². The van der Waals surface area contributed by atoms with Crippen molar-refractivity contribution in [3.63, 3.8) is 0 Å². The highest BCUT2D eigenvalue weighted by molar-refractivity contribution is 8.23. The fourth-order valence-corrected chi connectivity index (χ4v) is 6.10. The first kappa shape index (κ1) is 26.9. The fraction of sp³-hybridized carbons (Fsp3) is 0.273. The van der Waals surface area contributed by atoms with Crippen LogP contribution in [0.15, 0.2) is 46.8 Å². The number of amides is 2. The van der Waals surface area contributed by atoms with E-state index < -0.39 is 4.92 Å². The lowest BCUT2D eigenvalue weighted by Gasteiger charge is -2.20. The van der Waals surface area contributed by atoms with Crippen molar-refractivity contribution in [1.82, 2.24) is 9.88 Å². The van der Waals surface area contributed by atoms with Crippen molar-refractivity contribution in [3.8, 4) is 0 Å². The van der Waals surface area contributed by atoms with Crippen LogP contribution in [0.25, 0.3) is 10.2 Å². The van der Waals surface area contributed by atoms with Gasteiger partial charge in [0.2, 0.25) is 11.8 Å². The highest BCUT2D eigenvalue weighted by Crippen LogP contribution is 2.32. The summed E-state index contributed by atoms with van der Waals surface area (Å²) in [5.74, 6) is -0.225. The number of carbonyl (C=O) groups is 2. The predicted molar refractivity (Wildman–Crippen MR) is 149 cm³/mol. The number of benzene rings is 2. The molecule has 0 saturated heterocycles. The molecular weight excluding hydrogens is 527 g/mol. The van der Waals surface area contributed by atoms with Crippen LogP contribution in [0.2, 0.25) is 0 Å². The minimum Gasteiger partial charge on any atom is -0.358 e.